The maximum atomic E-state index is 14.9. The second-order valence-electron chi connectivity index (χ2n) is 8.78. The summed E-state index contributed by atoms with van der Waals surface area (Å²) >= 11 is 0. The first-order valence-corrected chi connectivity index (χ1v) is 11.6. The Labute approximate surface area is 216 Å². The Kier molecular flexibility index (Phi) is 6.28. The van der Waals surface area contributed by atoms with Gasteiger partial charge in [0, 0.05) is 0 Å². The molecule has 0 radical (unpaired) electrons. The summed E-state index contributed by atoms with van der Waals surface area (Å²) in [5.74, 6) is -3.93. The molecule has 1 aliphatic rings. The lowest BCUT2D eigenvalue weighted by Gasteiger charge is -2.26. The van der Waals surface area contributed by atoms with Crippen molar-refractivity contribution in [3.8, 4) is 17.2 Å². The summed E-state index contributed by atoms with van der Waals surface area (Å²) in [5, 5.41) is 10.6. The summed E-state index contributed by atoms with van der Waals surface area (Å²) in [4.78, 5) is 39.2. The van der Waals surface area contributed by atoms with Crippen molar-refractivity contribution in [2.45, 2.75) is 13.8 Å². The molecule has 0 saturated heterocycles. The molecule has 0 unspecified atom stereocenters. The lowest BCUT2D eigenvalue weighted by Crippen LogP contribution is -2.46. The first kappa shape index (κ1) is 24.9. The van der Waals surface area contributed by atoms with Gasteiger partial charge in [0.15, 0.2) is 17.3 Å². The minimum atomic E-state index is -1.58. The van der Waals surface area contributed by atoms with Crippen molar-refractivity contribution in [2.75, 3.05) is 0 Å². The molecule has 0 aliphatic carbocycles. The van der Waals surface area contributed by atoms with E-state index in [2.05, 4.69) is 0 Å². The summed E-state index contributed by atoms with van der Waals surface area (Å²) in [7, 11) is -1.58. The number of hydrogen-bond acceptors (Lipinski definition) is 6. The topological polar surface area (TPSA) is 89.9 Å². The molecule has 188 valence electrons. The van der Waals surface area contributed by atoms with Gasteiger partial charge in [-0.25, -0.2) is 8.78 Å². The molecule has 0 spiro atoms. The van der Waals surface area contributed by atoms with Crippen molar-refractivity contribution in [3.05, 3.63) is 118 Å². The van der Waals surface area contributed by atoms with Crippen LogP contribution < -0.4 is 14.8 Å². The highest BCUT2D eigenvalue weighted by Gasteiger charge is 2.38. The van der Waals surface area contributed by atoms with Gasteiger partial charge in [-0.05, 0) is 67.9 Å². The zero-order chi connectivity index (χ0) is 27.1. The van der Waals surface area contributed by atoms with Crippen molar-refractivity contribution < 1.29 is 37.6 Å². The number of hydrogen-bond donors (Lipinski definition) is 1. The van der Waals surface area contributed by atoms with Crippen molar-refractivity contribution >= 4 is 29.9 Å². The Balaban J connectivity index is 1.74. The number of Topliss-reactive ketones (excluding diaryl/α,β-unsaturated/α-hetero) is 1. The van der Waals surface area contributed by atoms with Crippen LogP contribution in [0.3, 0.4) is 0 Å². The number of carbonyl (C=O) groups excluding carboxylic acids is 3. The third-order valence-electron chi connectivity index (χ3n) is 6.28. The van der Waals surface area contributed by atoms with E-state index in [1.54, 1.807) is 19.1 Å². The van der Waals surface area contributed by atoms with Crippen LogP contribution in [0.2, 0.25) is 0 Å². The molecule has 1 N–H and O–H groups in total. The third-order valence-corrected chi connectivity index (χ3v) is 6.28. The number of rotatable bonds is 4. The van der Waals surface area contributed by atoms with E-state index in [9.17, 15) is 28.3 Å². The lowest BCUT2D eigenvalue weighted by molar-refractivity contribution is 0.101. The highest BCUT2D eigenvalue weighted by Crippen LogP contribution is 2.36. The van der Waals surface area contributed by atoms with E-state index >= 15 is 0 Å². The zero-order valence-electron chi connectivity index (χ0n) is 20.2. The summed E-state index contributed by atoms with van der Waals surface area (Å²) in [6, 6.07) is 16.1. The number of aromatic hydroxyl groups is 1. The predicted octanol–water partition coefficient (Wildman–Crippen LogP) is 4.81. The average molecular weight is 512 g/mol. The number of phenols is 1. The zero-order valence-corrected chi connectivity index (χ0v) is 20.2. The smallest absolute Gasteiger partial charge is 0.521 e. The van der Waals surface area contributed by atoms with E-state index in [4.69, 9.17) is 9.31 Å². The Hall–Kier alpha value is -4.79. The molecule has 38 heavy (non-hydrogen) atoms. The van der Waals surface area contributed by atoms with Gasteiger partial charge in [0.05, 0.1) is 33.3 Å². The number of halogens is 2. The standard InChI is InChI=1S/C29H19BF2O6/c1-15-6-3-9-20-27(36)22-11-5-10-21(26(35)19-8-4-7-18(16(2)33)25(19)34)29(22)38-30(37-28(15)20)23-14-17(31)12-13-24(23)32/h3-14,34H,1-2H3. The number of carbonyl (C=O) groups is 3. The fourth-order valence-corrected chi connectivity index (χ4v) is 4.37. The molecule has 5 rings (SSSR count). The Morgan fingerprint density at radius 3 is 2.16 bits per heavy atom. The van der Waals surface area contributed by atoms with Crippen LogP contribution in [-0.2, 0) is 0 Å². The van der Waals surface area contributed by atoms with Gasteiger partial charge < -0.3 is 14.4 Å². The van der Waals surface area contributed by atoms with Gasteiger partial charge in [-0.1, -0.05) is 24.3 Å². The molecular formula is C29H19BF2O6. The molecule has 0 amide bonds. The highest BCUT2D eigenvalue weighted by molar-refractivity contribution is 6.63. The van der Waals surface area contributed by atoms with Crippen LogP contribution in [0.25, 0.3) is 0 Å². The van der Waals surface area contributed by atoms with E-state index in [-0.39, 0.29) is 44.8 Å². The van der Waals surface area contributed by atoms with E-state index < -0.39 is 41.9 Å². The summed E-state index contributed by atoms with van der Waals surface area (Å²) in [6.07, 6.45) is 0. The maximum Gasteiger partial charge on any atom is 0.635 e. The lowest BCUT2D eigenvalue weighted by atomic mass is 9.76. The summed E-state index contributed by atoms with van der Waals surface area (Å²) in [5.41, 5.74) is -0.00849. The molecule has 0 bridgehead atoms. The molecule has 1 heterocycles. The molecule has 9 heteroatoms. The van der Waals surface area contributed by atoms with Gasteiger partial charge in [0.2, 0.25) is 0 Å². The predicted molar refractivity (Wildman–Crippen MR) is 136 cm³/mol. The third kappa shape index (κ3) is 4.22. The van der Waals surface area contributed by atoms with Crippen LogP contribution in [0.5, 0.6) is 17.2 Å². The van der Waals surface area contributed by atoms with Crippen LogP contribution in [0, 0.1) is 18.6 Å². The fraction of sp³-hybridized carbons (Fsp3) is 0.0690. The van der Waals surface area contributed by atoms with Crippen molar-refractivity contribution in [2.24, 2.45) is 0 Å². The second-order valence-corrected chi connectivity index (χ2v) is 8.78. The average Bonchev–Trinajstić information content (AvgIpc) is 2.89. The fourth-order valence-electron chi connectivity index (χ4n) is 4.37. The largest absolute Gasteiger partial charge is 0.635 e. The van der Waals surface area contributed by atoms with Gasteiger partial charge in [-0.15, -0.1) is 0 Å². The SMILES string of the molecule is CC(=O)c1cccc(C(=O)c2cccc3c2OB(c2cc(F)ccc2F)Oc2c(C)cccc2C3=O)c1O. The monoisotopic (exact) mass is 512 g/mol. The first-order valence-electron chi connectivity index (χ1n) is 11.6. The molecule has 4 aromatic rings. The minimum Gasteiger partial charge on any atom is -0.521 e. The van der Waals surface area contributed by atoms with E-state index in [0.29, 0.717) is 5.56 Å². The van der Waals surface area contributed by atoms with Gasteiger partial charge in [-0.3, -0.25) is 14.4 Å². The number of phenolic OH excluding ortho intramolecular Hbond substituents is 1. The van der Waals surface area contributed by atoms with E-state index in [1.165, 1.54) is 49.4 Å². The summed E-state index contributed by atoms with van der Waals surface area (Å²) in [6.45, 7) is 2.94. The minimum absolute atomic E-state index is 0.0185. The maximum absolute atomic E-state index is 14.9. The summed E-state index contributed by atoms with van der Waals surface area (Å²) < 4.78 is 41.0. The molecule has 1 aliphatic heterocycles. The van der Waals surface area contributed by atoms with Gasteiger partial charge in [-0.2, -0.15) is 0 Å². The Morgan fingerprint density at radius 1 is 0.816 bits per heavy atom. The van der Waals surface area contributed by atoms with E-state index in [0.717, 1.165) is 18.2 Å². The first-order chi connectivity index (χ1) is 18.2. The van der Waals surface area contributed by atoms with Crippen LogP contribution in [0.1, 0.15) is 54.7 Å². The van der Waals surface area contributed by atoms with Crippen molar-refractivity contribution in [1.29, 1.82) is 0 Å². The normalized spacial score (nSPS) is 12.4. The van der Waals surface area contributed by atoms with Crippen LogP contribution in [0.4, 0.5) is 8.78 Å². The highest BCUT2D eigenvalue weighted by atomic mass is 19.1. The molecular weight excluding hydrogens is 493 g/mol. The van der Waals surface area contributed by atoms with Crippen LogP contribution in [-0.4, -0.2) is 29.6 Å². The number of aryl methyl sites for hydroxylation is 1. The number of ketones is 3. The second kappa shape index (κ2) is 9.59. The van der Waals surface area contributed by atoms with Gasteiger partial charge in [0.25, 0.3) is 0 Å². The van der Waals surface area contributed by atoms with Gasteiger partial charge >= 0.3 is 7.12 Å². The number of fused-ring (bicyclic) bond motifs is 2. The molecule has 4 aromatic carbocycles. The Morgan fingerprint density at radius 2 is 1.42 bits per heavy atom. The molecule has 0 fully saturated rings. The van der Waals surface area contributed by atoms with E-state index in [1.807, 2.05) is 0 Å². The molecule has 6 nitrogen and oxygen atoms in total. The Bertz CT molecular complexity index is 1650. The van der Waals surface area contributed by atoms with Crippen molar-refractivity contribution in [3.63, 3.8) is 0 Å². The number of benzene rings is 4. The van der Waals surface area contributed by atoms with Crippen LogP contribution >= 0.6 is 0 Å². The molecule has 0 saturated carbocycles. The van der Waals surface area contributed by atoms with Gasteiger partial charge in [0.1, 0.15) is 28.9 Å². The van der Waals surface area contributed by atoms with Crippen molar-refractivity contribution in [1.82, 2.24) is 0 Å². The number of para-hydroxylation sites is 3. The van der Waals surface area contributed by atoms with Crippen LogP contribution in [0.15, 0.2) is 72.8 Å². The molecule has 0 aromatic heterocycles. The molecule has 0 atom stereocenters. The quantitative estimate of drug-likeness (QED) is 0.312.